The molecule has 0 aromatic heterocycles. The zero-order chi connectivity index (χ0) is 15.7. The van der Waals surface area contributed by atoms with E-state index in [0.717, 1.165) is 25.7 Å². The Balaban J connectivity index is -0.000000551. The molecule has 0 fully saturated rings. The zero-order valence-corrected chi connectivity index (χ0v) is 17.7. The molecule has 0 atom stereocenters. The van der Waals surface area contributed by atoms with Crippen molar-refractivity contribution in [3.05, 3.63) is 35.9 Å². The SMILES string of the molecule is CCCCCCCCC(C(=O)O)(C(=O)O)c1ccccc1.[H-].[H-].[K+].[Li+]. The minimum atomic E-state index is -1.83. The molecule has 4 nitrogen and oxygen atoms in total. The number of aliphatic carboxylic acids is 2. The topological polar surface area (TPSA) is 74.6 Å². The van der Waals surface area contributed by atoms with Crippen LogP contribution in [-0.2, 0) is 15.0 Å². The van der Waals surface area contributed by atoms with Crippen molar-refractivity contribution >= 4 is 11.9 Å². The maximum Gasteiger partial charge on any atom is 1.00 e. The molecule has 0 aliphatic carbocycles. The molecule has 0 aliphatic heterocycles. The molecule has 0 spiro atoms. The van der Waals surface area contributed by atoms with Crippen LogP contribution in [0.2, 0.25) is 0 Å². The smallest absolute Gasteiger partial charge is 1.00 e. The molecule has 0 heterocycles. The van der Waals surface area contributed by atoms with Crippen LogP contribution < -0.4 is 70.2 Å². The van der Waals surface area contributed by atoms with E-state index in [-0.39, 0.29) is 79.5 Å². The van der Waals surface area contributed by atoms with Gasteiger partial charge in [0.25, 0.3) is 0 Å². The second-order valence-electron chi connectivity index (χ2n) is 5.40. The molecular weight excluding hydrogens is 314 g/mol. The summed E-state index contributed by atoms with van der Waals surface area (Å²) in [5.74, 6) is -2.57. The quantitative estimate of drug-likeness (QED) is 0.296. The molecule has 23 heavy (non-hydrogen) atoms. The molecule has 0 saturated heterocycles. The van der Waals surface area contributed by atoms with Crippen molar-refractivity contribution in [2.45, 2.75) is 57.3 Å². The van der Waals surface area contributed by atoms with Gasteiger partial charge in [0.05, 0.1) is 0 Å². The van der Waals surface area contributed by atoms with Gasteiger partial charge in [-0.3, -0.25) is 9.59 Å². The number of benzene rings is 1. The number of carbonyl (C=O) groups is 2. The molecular formula is C17H26KLiO4. The summed E-state index contributed by atoms with van der Waals surface area (Å²) in [7, 11) is 0. The number of carboxylic acid groups (broad SMARTS) is 2. The van der Waals surface area contributed by atoms with Crippen molar-refractivity contribution in [1.29, 1.82) is 0 Å². The van der Waals surface area contributed by atoms with Crippen molar-refractivity contribution in [3.8, 4) is 0 Å². The predicted molar refractivity (Wildman–Crippen MR) is 83.6 cm³/mol. The second-order valence-corrected chi connectivity index (χ2v) is 5.40. The van der Waals surface area contributed by atoms with Crippen LogP contribution in [0.3, 0.4) is 0 Å². The Kier molecular flexibility index (Phi) is 15.2. The molecule has 1 aromatic carbocycles. The summed E-state index contributed by atoms with van der Waals surface area (Å²) in [5, 5.41) is 19.0. The van der Waals surface area contributed by atoms with Crippen LogP contribution in [0.4, 0.5) is 0 Å². The molecule has 0 saturated carbocycles. The van der Waals surface area contributed by atoms with Crippen LogP contribution in [-0.4, -0.2) is 22.2 Å². The standard InChI is InChI=1S/C17H24O4.K.Li.2H/c1-2-3-4-5-6-10-13-17(15(18)19,16(20)21)14-11-8-7-9-12-14;;;;/h7-9,11-12H,2-6,10,13H2,1H3,(H,18,19)(H,20,21);;;;/q;2*+1;2*-1. The minimum absolute atomic E-state index is 0. The van der Waals surface area contributed by atoms with Gasteiger partial charge >= 0.3 is 82.2 Å². The summed E-state index contributed by atoms with van der Waals surface area (Å²) in [5.41, 5.74) is -1.48. The minimum Gasteiger partial charge on any atom is -1.00 e. The Labute approximate surface area is 196 Å². The fourth-order valence-electron chi connectivity index (χ4n) is 2.59. The van der Waals surface area contributed by atoms with Gasteiger partial charge in [-0.1, -0.05) is 75.8 Å². The van der Waals surface area contributed by atoms with Crippen LogP contribution in [0.5, 0.6) is 0 Å². The van der Waals surface area contributed by atoms with Crippen molar-refractivity contribution in [3.63, 3.8) is 0 Å². The zero-order valence-electron chi connectivity index (χ0n) is 16.5. The number of hydrogen-bond acceptors (Lipinski definition) is 2. The van der Waals surface area contributed by atoms with Crippen LogP contribution in [0, 0.1) is 0 Å². The molecule has 120 valence electrons. The van der Waals surface area contributed by atoms with Crippen molar-refractivity contribution in [2.24, 2.45) is 0 Å². The van der Waals surface area contributed by atoms with Gasteiger partial charge in [0.1, 0.15) is 0 Å². The van der Waals surface area contributed by atoms with Gasteiger partial charge in [-0.25, -0.2) is 0 Å². The van der Waals surface area contributed by atoms with Crippen LogP contribution in [0.25, 0.3) is 0 Å². The van der Waals surface area contributed by atoms with Gasteiger partial charge < -0.3 is 13.1 Å². The Morgan fingerprint density at radius 1 is 0.957 bits per heavy atom. The Hall–Kier alpha value is 0.394. The van der Waals surface area contributed by atoms with Crippen LogP contribution in [0.15, 0.2) is 30.3 Å². The molecule has 6 heteroatoms. The number of hydrogen-bond donors (Lipinski definition) is 2. The van der Waals surface area contributed by atoms with Crippen molar-refractivity contribution in [1.82, 2.24) is 0 Å². The number of rotatable bonds is 10. The number of carboxylic acids is 2. The molecule has 0 radical (unpaired) electrons. The fourth-order valence-corrected chi connectivity index (χ4v) is 2.59. The molecule has 0 aliphatic rings. The van der Waals surface area contributed by atoms with E-state index in [2.05, 4.69) is 6.92 Å². The summed E-state index contributed by atoms with van der Waals surface area (Å²) in [6, 6.07) is 8.27. The average molecular weight is 340 g/mol. The summed E-state index contributed by atoms with van der Waals surface area (Å²) in [6.07, 6.45) is 6.08. The van der Waals surface area contributed by atoms with Gasteiger partial charge in [-0.05, 0) is 12.0 Å². The van der Waals surface area contributed by atoms with E-state index in [1.165, 1.54) is 6.42 Å². The first kappa shape index (κ1) is 25.6. The van der Waals surface area contributed by atoms with Gasteiger partial charge in [0.2, 0.25) is 0 Å². The maximum absolute atomic E-state index is 11.6. The van der Waals surface area contributed by atoms with Gasteiger partial charge in [-0.2, -0.15) is 0 Å². The van der Waals surface area contributed by atoms with E-state index in [4.69, 9.17) is 0 Å². The third-order valence-corrected chi connectivity index (χ3v) is 3.90. The fraction of sp³-hybridized carbons (Fsp3) is 0.529. The summed E-state index contributed by atoms with van der Waals surface area (Å²) >= 11 is 0. The Morgan fingerprint density at radius 2 is 1.43 bits per heavy atom. The summed E-state index contributed by atoms with van der Waals surface area (Å²) in [6.45, 7) is 2.13. The molecule has 0 bridgehead atoms. The monoisotopic (exact) mass is 340 g/mol. The Bertz CT molecular complexity index is 461. The summed E-state index contributed by atoms with van der Waals surface area (Å²) in [4.78, 5) is 23.3. The predicted octanol–water partition coefficient (Wildman–Crippen LogP) is -1.92. The first-order valence-electron chi connectivity index (χ1n) is 7.58. The van der Waals surface area contributed by atoms with E-state index in [1.54, 1.807) is 30.3 Å². The maximum atomic E-state index is 11.6. The van der Waals surface area contributed by atoms with Crippen LogP contribution in [0.1, 0.15) is 60.3 Å². The van der Waals surface area contributed by atoms with E-state index < -0.39 is 17.4 Å². The third-order valence-electron chi connectivity index (χ3n) is 3.90. The third kappa shape index (κ3) is 7.43. The molecule has 0 amide bonds. The average Bonchev–Trinajstić information content (AvgIpc) is 2.47. The first-order chi connectivity index (χ1) is 10.1. The van der Waals surface area contributed by atoms with Gasteiger partial charge in [0, 0.05) is 0 Å². The second kappa shape index (κ2) is 13.7. The normalized spacial score (nSPS) is 10.3. The van der Waals surface area contributed by atoms with E-state index in [9.17, 15) is 19.8 Å². The van der Waals surface area contributed by atoms with E-state index in [0.29, 0.717) is 12.0 Å². The van der Waals surface area contributed by atoms with Gasteiger partial charge in [0.15, 0.2) is 5.41 Å². The molecule has 2 N–H and O–H groups in total. The number of unbranched alkanes of at least 4 members (excludes halogenated alkanes) is 5. The van der Waals surface area contributed by atoms with Crippen LogP contribution >= 0.6 is 0 Å². The van der Waals surface area contributed by atoms with E-state index >= 15 is 0 Å². The largest absolute Gasteiger partial charge is 1.00 e. The Morgan fingerprint density at radius 3 is 1.91 bits per heavy atom. The first-order valence-corrected chi connectivity index (χ1v) is 7.58. The molecule has 1 aromatic rings. The summed E-state index contributed by atoms with van der Waals surface area (Å²) < 4.78 is 0. The van der Waals surface area contributed by atoms with Gasteiger partial charge in [-0.15, -0.1) is 0 Å². The molecule has 0 unspecified atom stereocenters. The van der Waals surface area contributed by atoms with E-state index in [1.807, 2.05) is 0 Å². The van der Waals surface area contributed by atoms with Crippen molar-refractivity contribution < 1.29 is 92.9 Å². The molecule has 1 rings (SSSR count). The van der Waals surface area contributed by atoms with Crippen molar-refractivity contribution in [2.75, 3.05) is 0 Å².